The number of hydrogen-bond acceptors (Lipinski definition) is 3. The fraction of sp³-hybridized carbons (Fsp3) is 0.222. The van der Waals surface area contributed by atoms with E-state index < -0.39 is 12.1 Å². The van der Waals surface area contributed by atoms with Crippen LogP contribution in [0.15, 0.2) is 18.2 Å². The summed E-state index contributed by atoms with van der Waals surface area (Å²) in [7, 11) is 0. The SMILES string of the molecule is CC(Oc1ccc(O)c(Cl)c1)C(=O)O. The van der Waals surface area contributed by atoms with E-state index in [-0.39, 0.29) is 10.8 Å². The smallest absolute Gasteiger partial charge is 0.344 e. The van der Waals surface area contributed by atoms with Gasteiger partial charge in [0.15, 0.2) is 6.10 Å². The molecule has 4 nitrogen and oxygen atoms in total. The maximum absolute atomic E-state index is 10.4. The third-order valence-electron chi connectivity index (χ3n) is 1.58. The van der Waals surface area contributed by atoms with E-state index >= 15 is 0 Å². The van der Waals surface area contributed by atoms with E-state index in [2.05, 4.69) is 0 Å². The van der Waals surface area contributed by atoms with Gasteiger partial charge in [-0.3, -0.25) is 0 Å². The van der Waals surface area contributed by atoms with E-state index in [1.807, 2.05) is 0 Å². The Kier molecular flexibility index (Phi) is 3.19. The summed E-state index contributed by atoms with van der Waals surface area (Å²) >= 11 is 5.60. The zero-order valence-corrected chi connectivity index (χ0v) is 8.15. The van der Waals surface area contributed by atoms with Crippen LogP contribution in [0.3, 0.4) is 0 Å². The summed E-state index contributed by atoms with van der Waals surface area (Å²) in [6.45, 7) is 1.41. The number of ether oxygens (including phenoxy) is 1. The molecular weight excluding hydrogens is 208 g/mol. The quantitative estimate of drug-likeness (QED) is 0.810. The van der Waals surface area contributed by atoms with Crippen LogP contribution < -0.4 is 4.74 Å². The van der Waals surface area contributed by atoms with Gasteiger partial charge in [0.1, 0.15) is 11.5 Å². The average molecular weight is 217 g/mol. The summed E-state index contributed by atoms with van der Waals surface area (Å²) in [5, 5.41) is 17.8. The molecule has 1 aromatic rings. The van der Waals surface area contributed by atoms with Crippen LogP contribution in [0.2, 0.25) is 5.02 Å². The lowest BCUT2D eigenvalue weighted by molar-refractivity contribution is -0.144. The zero-order chi connectivity index (χ0) is 10.7. The molecule has 0 saturated carbocycles. The van der Waals surface area contributed by atoms with Crippen molar-refractivity contribution in [3.8, 4) is 11.5 Å². The molecule has 0 fully saturated rings. The van der Waals surface area contributed by atoms with Gasteiger partial charge >= 0.3 is 5.97 Å². The predicted octanol–water partition coefficient (Wildman–Crippen LogP) is 1.90. The number of carbonyl (C=O) groups is 1. The molecule has 5 heteroatoms. The molecule has 14 heavy (non-hydrogen) atoms. The Morgan fingerprint density at radius 1 is 1.57 bits per heavy atom. The van der Waals surface area contributed by atoms with Gasteiger partial charge in [-0.2, -0.15) is 0 Å². The first kappa shape index (κ1) is 10.7. The van der Waals surface area contributed by atoms with Crippen molar-refractivity contribution in [1.82, 2.24) is 0 Å². The molecule has 0 aromatic heterocycles. The van der Waals surface area contributed by atoms with E-state index in [0.29, 0.717) is 5.75 Å². The first-order valence-electron chi connectivity index (χ1n) is 3.88. The van der Waals surface area contributed by atoms with Gasteiger partial charge in [0.2, 0.25) is 0 Å². The molecule has 1 rings (SSSR count). The summed E-state index contributed by atoms with van der Waals surface area (Å²) in [5.41, 5.74) is 0. The van der Waals surface area contributed by atoms with Crippen molar-refractivity contribution >= 4 is 17.6 Å². The topological polar surface area (TPSA) is 66.8 Å². The molecule has 76 valence electrons. The molecule has 0 spiro atoms. The Morgan fingerprint density at radius 2 is 2.21 bits per heavy atom. The number of phenols is 1. The van der Waals surface area contributed by atoms with Crippen LogP contribution in [0.4, 0.5) is 0 Å². The molecule has 0 aliphatic carbocycles. The molecule has 0 saturated heterocycles. The van der Waals surface area contributed by atoms with Crippen LogP contribution in [0.5, 0.6) is 11.5 Å². The van der Waals surface area contributed by atoms with Crippen LogP contribution in [-0.4, -0.2) is 22.3 Å². The minimum absolute atomic E-state index is 0.0676. The second-order valence-electron chi connectivity index (χ2n) is 2.71. The number of hydrogen-bond donors (Lipinski definition) is 2. The van der Waals surface area contributed by atoms with E-state index in [4.69, 9.17) is 26.6 Å². The van der Waals surface area contributed by atoms with Crippen molar-refractivity contribution in [1.29, 1.82) is 0 Å². The molecule has 0 aliphatic heterocycles. The Bertz CT molecular complexity index is 351. The van der Waals surface area contributed by atoms with E-state index in [0.717, 1.165) is 0 Å². The minimum Gasteiger partial charge on any atom is -0.506 e. The molecule has 0 heterocycles. The average Bonchev–Trinajstić information content (AvgIpc) is 2.11. The normalized spacial score (nSPS) is 12.1. The van der Waals surface area contributed by atoms with Crippen LogP contribution in [0.1, 0.15) is 6.92 Å². The number of benzene rings is 1. The molecular formula is C9H9ClO4. The standard InChI is InChI=1S/C9H9ClO4/c1-5(9(12)13)14-6-2-3-8(11)7(10)4-6/h2-5,11H,1H3,(H,12,13). The van der Waals surface area contributed by atoms with Crippen molar-refractivity contribution in [2.45, 2.75) is 13.0 Å². The minimum atomic E-state index is -1.06. The summed E-state index contributed by atoms with van der Waals surface area (Å²) in [6.07, 6.45) is -0.949. The summed E-state index contributed by atoms with van der Waals surface area (Å²) < 4.78 is 5.02. The highest BCUT2D eigenvalue weighted by Crippen LogP contribution is 2.27. The van der Waals surface area contributed by atoms with Crippen molar-refractivity contribution < 1.29 is 19.7 Å². The van der Waals surface area contributed by atoms with Gasteiger partial charge in [-0.05, 0) is 19.1 Å². The van der Waals surface area contributed by atoms with Crippen molar-refractivity contribution in [2.75, 3.05) is 0 Å². The Labute approximate surface area is 85.7 Å². The summed E-state index contributed by atoms with van der Waals surface area (Å²) in [6, 6.07) is 4.14. The van der Waals surface area contributed by atoms with Gasteiger partial charge in [-0.15, -0.1) is 0 Å². The summed E-state index contributed by atoms with van der Waals surface area (Å²) in [5.74, 6) is -0.820. The third kappa shape index (κ3) is 2.53. The van der Waals surface area contributed by atoms with Crippen LogP contribution >= 0.6 is 11.6 Å². The maximum Gasteiger partial charge on any atom is 0.344 e. The number of rotatable bonds is 3. The second-order valence-corrected chi connectivity index (χ2v) is 3.12. The highest BCUT2D eigenvalue weighted by molar-refractivity contribution is 6.32. The Balaban J connectivity index is 2.78. The largest absolute Gasteiger partial charge is 0.506 e. The molecule has 0 bridgehead atoms. The van der Waals surface area contributed by atoms with Gasteiger partial charge < -0.3 is 14.9 Å². The van der Waals surface area contributed by atoms with E-state index in [1.54, 1.807) is 0 Å². The summed E-state index contributed by atoms with van der Waals surface area (Å²) in [4.78, 5) is 10.4. The lowest BCUT2D eigenvalue weighted by Gasteiger charge is -2.10. The first-order valence-corrected chi connectivity index (χ1v) is 4.26. The van der Waals surface area contributed by atoms with Crippen LogP contribution in [-0.2, 0) is 4.79 Å². The molecule has 1 aromatic carbocycles. The van der Waals surface area contributed by atoms with Crippen molar-refractivity contribution in [2.24, 2.45) is 0 Å². The number of halogens is 1. The highest BCUT2D eigenvalue weighted by atomic mass is 35.5. The Hall–Kier alpha value is -1.42. The van der Waals surface area contributed by atoms with Crippen molar-refractivity contribution in [3.05, 3.63) is 23.2 Å². The molecule has 0 amide bonds. The van der Waals surface area contributed by atoms with Crippen molar-refractivity contribution in [3.63, 3.8) is 0 Å². The fourth-order valence-corrected chi connectivity index (χ4v) is 0.986. The van der Waals surface area contributed by atoms with Gasteiger partial charge in [0.05, 0.1) is 5.02 Å². The highest BCUT2D eigenvalue weighted by Gasteiger charge is 2.12. The molecule has 0 aliphatic rings. The van der Waals surface area contributed by atoms with E-state index in [1.165, 1.54) is 25.1 Å². The fourth-order valence-electron chi connectivity index (χ4n) is 0.815. The number of phenolic OH excluding ortho intramolecular Hbond substituents is 1. The third-order valence-corrected chi connectivity index (χ3v) is 1.88. The number of aromatic hydroxyl groups is 1. The van der Waals surface area contributed by atoms with Crippen LogP contribution in [0, 0.1) is 0 Å². The van der Waals surface area contributed by atoms with Gasteiger partial charge in [-0.25, -0.2) is 4.79 Å². The second kappa shape index (κ2) is 4.19. The molecule has 2 N–H and O–H groups in total. The van der Waals surface area contributed by atoms with Gasteiger partial charge in [0.25, 0.3) is 0 Å². The number of aliphatic carboxylic acids is 1. The number of carboxylic acid groups (broad SMARTS) is 1. The predicted molar refractivity (Wildman–Crippen MR) is 50.8 cm³/mol. The van der Waals surface area contributed by atoms with Gasteiger partial charge in [-0.1, -0.05) is 11.6 Å². The lowest BCUT2D eigenvalue weighted by atomic mass is 10.3. The van der Waals surface area contributed by atoms with Gasteiger partial charge in [0, 0.05) is 6.07 Å². The Morgan fingerprint density at radius 3 is 2.71 bits per heavy atom. The molecule has 1 unspecified atom stereocenters. The maximum atomic E-state index is 10.4. The van der Waals surface area contributed by atoms with E-state index in [9.17, 15) is 4.79 Å². The first-order chi connectivity index (χ1) is 6.50. The van der Waals surface area contributed by atoms with Crippen LogP contribution in [0.25, 0.3) is 0 Å². The zero-order valence-electron chi connectivity index (χ0n) is 7.40. The number of carboxylic acids is 1. The molecule has 0 radical (unpaired) electrons. The molecule has 1 atom stereocenters. The lowest BCUT2D eigenvalue weighted by Crippen LogP contribution is -2.22. The monoisotopic (exact) mass is 216 g/mol.